The summed E-state index contributed by atoms with van der Waals surface area (Å²) in [4.78, 5) is 26.3. The Balaban J connectivity index is 1.49. The first-order valence-corrected chi connectivity index (χ1v) is 11.0. The van der Waals surface area contributed by atoms with E-state index < -0.39 is 10.0 Å². The molecule has 30 heavy (non-hydrogen) atoms. The number of nitrogens with one attached hydrogen (secondary N) is 1. The van der Waals surface area contributed by atoms with E-state index in [9.17, 15) is 18.0 Å². The molecular weight excluding hydrogens is 406 g/mol. The van der Waals surface area contributed by atoms with Crippen molar-refractivity contribution in [2.75, 3.05) is 31.5 Å². The minimum Gasteiger partial charge on any atom is -0.322 e. The van der Waals surface area contributed by atoms with E-state index >= 15 is 0 Å². The van der Waals surface area contributed by atoms with Crippen LogP contribution >= 0.6 is 0 Å². The van der Waals surface area contributed by atoms with Gasteiger partial charge in [0.15, 0.2) is 0 Å². The van der Waals surface area contributed by atoms with Crippen LogP contribution < -0.4 is 11.0 Å². The topological polar surface area (TPSA) is 96.7 Å². The Labute approximate surface area is 174 Å². The minimum absolute atomic E-state index is 0.137. The highest BCUT2D eigenvalue weighted by Crippen LogP contribution is 2.22. The van der Waals surface area contributed by atoms with Gasteiger partial charge in [-0.2, -0.15) is 4.31 Å². The van der Waals surface area contributed by atoms with E-state index in [2.05, 4.69) is 5.32 Å². The van der Waals surface area contributed by atoms with E-state index in [0.717, 1.165) is 0 Å². The summed E-state index contributed by atoms with van der Waals surface area (Å²) < 4.78 is 30.5. The minimum atomic E-state index is -3.73. The Kier molecular flexibility index (Phi) is 5.12. The number of benzene rings is 2. The Bertz CT molecular complexity index is 1260. The molecule has 1 fully saturated rings. The van der Waals surface area contributed by atoms with E-state index in [1.54, 1.807) is 37.2 Å². The average molecular weight is 430 g/mol. The first kappa shape index (κ1) is 20.2. The Hall–Kier alpha value is -3.11. The molecule has 10 heteroatoms. The number of nitrogens with zero attached hydrogens (tertiary/aromatic N) is 4. The lowest BCUT2D eigenvalue weighted by molar-refractivity contribution is 0.184. The second-order valence-electron chi connectivity index (χ2n) is 7.24. The molecule has 9 nitrogen and oxygen atoms in total. The van der Waals surface area contributed by atoms with Crippen LogP contribution in [0.1, 0.15) is 0 Å². The molecule has 3 aromatic rings. The van der Waals surface area contributed by atoms with Gasteiger partial charge in [-0.1, -0.05) is 18.2 Å². The van der Waals surface area contributed by atoms with Crippen molar-refractivity contribution in [3.8, 4) is 0 Å². The average Bonchev–Trinajstić information content (AvgIpc) is 2.98. The van der Waals surface area contributed by atoms with Gasteiger partial charge in [0.25, 0.3) is 0 Å². The van der Waals surface area contributed by atoms with E-state index in [1.807, 2.05) is 18.2 Å². The number of anilines is 1. The third-order valence-corrected chi connectivity index (χ3v) is 7.33. The van der Waals surface area contributed by atoms with Crippen molar-refractivity contribution in [1.29, 1.82) is 0 Å². The number of carbonyl (C=O) groups excluding carboxylic acids is 1. The molecule has 4 rings (SSSR count). The van der Waals surface area contributed by atoms with Gasteiger partial charge in [0.2, 0.25) is 10.0 Å². The summed E-state index contributed by atoms with van der Waals surface area (Å²) in [5.41, 5.74) is 1.71. The first-order valence-electron chi connectivity index (χ1n) is 9.55. The molecule has 0 aliphatic carbocycles. The summed E-state index contributed by atoms with van der Waals surface area (Å²) in [6, 6.07) is 13.6. The van der Waals surface area contributed by atoms with E-state index in [-0.39, 0.29) is 29.7 Å². The summed E-state index contributed by atoms with van der Waals surface area (Å²) in [6.07, 6.45) is 0. The van der Waals surface area contributed by atoms with Crippen molar-refractivity contribution in [3.05, 3.63) is 59.0 Å². The van der Waals surface area contributed by atoms with Crippen molar-refractivity contribution >= 4 is 32.8 Å². The van der Waals surface area contributed by atoms with Crippen LogP contribution in [0.25, 0.3) is 11.0 Å². The van der Waals surface area contributed by atoms with E-state index in [4.69, 9.17) is 0 Å². The van der Waals surface area contributed by atoms with Crippen molar-refractivity contribution in [1.82, 2.24) is 18.3 Å². The van der Waals surface area contributed by atoms with Crippen LogP contribution in [0.4, 0.5) is 10.5 Å². The molecule has 1 saturated heterocycles. The summed E-state index contributed by atoms with van der Waals surface area (Å²) in [6.45, 7) is 1.00. The van der Waals surface area contributed by atoms with Crippen LogP contribution in [0.2, 0.25) is 0 Å². The normalized spacial score (nSPS) is 15.5. The van der Waals surface area contributed by atoms with Crippen molar-refractivity contribution in [3.63, 3.8) is 0 Å². The molecule has 2 aromatic carbocycles. The third kappa shape index (κ3) is 3.48. The van der Waals surface area contributed by atoms with Gasteiger partial charge in [0.05, 0.1) is 15.9 Å². The SMILES string of the molecule is Cn1c(=O)n(C)c2cc(S(=O)(=O)N3CCN(C(=O)Nc4ccccc4)CC3)ccc21. The van der Waals surface area contributed by atoms with Crippen LogP contribution in [0, 0.1) is 0 Å². The quantitative estimate of drug-likeness (QED) is 0.681. The van der Waals surface area contributed by atoms with Crippen LogP contribution in [-0.2, 0) is 24.1 Å². The number of para-hydroxylation sites is 1. The second kappa shape index (κ2) is 7.62. The Morgan fingerprint density at radius 3 is 2.20 bits per heavy atom. The van der Waals surface area contributed by atoms with E-state index in [1.165, 1.54) is 25.6 Å². The molecule has 158 valence electrons. The zero-order chi connectivity index (χ0) is 21.5. The highest BCUT2D eigenvalue weighted by Gasteiger charge is 2.30. The Morgan fingerprint density at radius 1 is 0.900 bits per heavy atom. The smallest absolute Gasteiger partial charge is 0.322 e. The number of hydrogen-bond acceptors (Lipinski definition) is 4. The summed E-state index contributed by atoms with van der Waals surface area (Å²) in [5, 5.41) is 2.82. The maximum atomic E-state index is 13.1. The van der Waals surface area contributed by atoms with Gasteiger partial charge >= 0.3 is 11.7 Å². The largest absolute Gasteiger partial charge is 0.328 e. The summed E-state index contributed by atoms with van der Waals surface area (Å²) in [5.74, 6) is 0. The van der Waals surface area contributed by atoms with Gasteiger partial charge in [0, 0.05) is 46.0 Å². The number of aryl methyl sites for hydroxylation is 2. The first-order chi connectivity index (χ1) is 14.3. The second-order valence-corrected chi connectivity index (χ2v) is 9.18. The van der Waals surface area contributed by atoms with Gasteiger partial charge in [-0.25, -0.2) is 18.0 Å². The standard InChI is InChI=1S/C20H23N5O4S/c1-22-17-9-8-16(14-18(17)23(2)20(22)27)30(28,29)25-12-10-24(11-13-25)19(26)21-15-6-4-3-5-7-15/h3-9,14H,10-13H2,1-2H3,(H,21,26). The lowest BCUT2D eigenvalue weighted by Crippen LogP contribution is -2.51. The zero-order valence-electron chi connectivity index (χ0n) is 16.8. The Morgan fingerprint density at radius 2 is 1.53 bits per heavy atom. The molecule has 0 atom stereocenters. The molecule has 0 saturated carbocycles. The van der Waals surface area contributed by atoms with Crippen LogP contribution in [-0.4, -0.2) is 59.0 Å². The number of piperazine rings is 1. The van der Waals surface area contributed by atoms with Gasteiger partial charge < -0.3 is 10.2 Å². The fourth-order valence-corrected chi connectivity index (χ4v) is 5.09. The number of rotatable bonds is 3. The van der Waals surface area contributed by atoms with Crippen LogP contribution in [0.15, 0.2) is 58.2 Å². The molecule has 1 aliphatic rings. The molecular formula is C20H23N5O4S. The molecule has 2 amide bonds. The fourth-order valence-electron chi connectivity index (χ4n) is 3.65. The van der Waals surface area contributed by atoms with Gasteiger partial charge in [-0.05, 0) is 30.3 Å². The lowest BCUT2D eigenvalue weighted by atomic mass is 10.3. The summed E-state index contributed by atoms with van der Waals surface area (Å²) >= 11 is 0. The monoisotopic (exact) mass is 429 g/mol. The molecule has 2 heterocycles. The number of urea groups is 1. The lowest BCUT2D eigenvalue weighted by Gasteiger charge is -2.34. The number of hydrogen-bond donors (Lipinski definition) is 1. The number of carbonyl (C=O) groups is 1. The number of amides is 2. The number of imidazole rings is 1. The van der Waals surface area contributed by atoms with Gasteiger partial charge in [-0.15, -0.1) is 0 Å². The zero-order valence-corrected chi connectivity index (χ0v) is 17.6. The van der Waals surface area contributed by atoms with Crippen molar-refractivity contribution < 1.29 is 13.2 Å². The molecule has 1 aromatic heterocycles. The maximum Gasteiger partial charge on any atom is 0.328 e. The fraction of sp³-hybridized carbons (Fsp3) is 0.300. The number of fused-ring (bicyclic) bond motifs is 1. The highest BCUT2D eigenvalue weighted by atomic mass is 32.2. The molecule has 0 spiro atoms. The molecule has 0 bridgehead atoms. The molecule has 1 aliphatic heterocycles. The van der Waals surface area contributed by atoms with Crippen molar-refractivity contribution in [2.45, 2.75) is 4.90 Å². The molecule has 0 radical (unpaired) electrons. The van der Waals surface area contributed by atoms with Gasteiger partial charge in [0.1, 0.15) is 0 Å². The molecule has 0 unspecified atom stereocenters. The third-order valence-electron chi connectivity index (χ3n) is 5.43. The van der Waals surface area contributed by atoms with Crippen LogP contribution in [0.3, 0.4) is 0 Å². The number of sulfonamides is 1. The highest BCUT2D eigenvalue weighted by molar-refractivity contribution is 7.89. The van der Waals surface area contributed by atoms with Crippen molar-refractivity contribution in [2.24, 2.45) is 14.1 Å². The maximum absolute atomic E-state index is 13.1. The predicted octanol–water partition coefficient (Wildman–Crippen LogP) is 1.42. The molecule has 1 N–H and O–H groups in total. The number of aromatic nitrogens is 2. The summed E-state index contributed by atoms with van der Waals surface area (Å²) in [7, 11) is -0.464. The van der Waals surface area contributed by atoms with Crippen LogP contribution in [0.5, 0.6) is 0 Å². The van der Waals surface area contributed by atoms with Gasteiger partial charge in [-0.3, -0.25) is 9.13 Å². The predicted molar refractivity (Wildman–Crippen MR) is 114 cm³/mol. The van der Waals surface area contributed by atoms with E-state index in [0.29, 0.717) is 29.8 Å².